The van der Waals surface area contributed by atoms with E-state index in [4.69, 9.17) is 16.7 Å². The number of aryl methyl sites for hydroxylation is 1. The van der Waals surface area contributed by atoms with Gasteiger partial charge in [0.25, 0.3) is 0 Å². The Labute approximate surface area is 100 Å². The van der Waals surface area contributed by atoms with Gasteiger partial charge < -0.3 is 5.11 Å². The van der Waals surface area contributed by atoms with Gasteiger partial charge in [-0.2, -0.15) is 0 Å². The van der Waals surface area contributed by atoms with Crippen molar-refractivity contribution in [1.82, 2.24) is 0 Å². The van der Waals surface area contributed by atoms with Crippen molar-refractivity contribution in [2.45, 2.75) is 38.5 Å². The molecule has 0 aromatic heterocycles. The number of halogens is 1. The number of hydrogen-bond donors (Lipinski definition) is 1. The Hall–Kier alpha value is -1.02. The summed E-state index contributed by atoms with van der Waals surface area (Å²) in [6.07, 6.45) is 2.13. The molecule has 0 atom stereocenters. The number of carbonyl (C=O) groups is 1. The van der Waals surface area contributed by atoms with Gasteiger partial charge in [0.05, 0.1) is 6.42 Å². The lowest BCUT2D eigenvalue weighted by Crippen LogP contribution is -2.14. The van der Waals surface area contributed by atoms with Crippen molar-refractivity contribution in [3.8, 4) is 0 Å². The van der Waals surface area contributed by atoms with E-state index in [1.165, 1.54) is 0 Å². The first-order valence-electron chi connectivity index (χ1n) is 5.44. The monoisotopic (exact) mass is 238 g/mol. The fraction of sp³-hybridized carbons (Fsp3) is 0.462. The largest absolute Gasteiger partial charge is 0.481 e. The van der Waals surface area contributed by atoms with Gasteiger partial charge in [-0.15, -0.1) is 0 Å². The van der Waals surface area contributed by atoms with E-state index in [1.54, 1.807) is 0 Å². The van der Waals surface area contributed by atoms with Crippen molar-refractivity contribution >= 4 is 17.6 Å². The first-order chi connectivity index (χ1) is 7.46. The molecule has 0 radical (unpaired) electrons. The third-order valence-corrected chi connectivity index (χ3v) is 4.08. The molecule has 0 amide bonds. The van der Waals surface area contributed by atoms with Crippen molar-refractivity contribution in [1.29, 1.82) is 0 Å². The molecule has 86 valence electrons. The van der Waals surface area contributed by atoms with Gasteiger partial charge in [0.15, 0.2) is 0 Å². The Bertz CT molecular complexity index is 447. The van der Waals surface area contributed by atoms with Crippen LogP contribution in [-0.2, 0) is 10.2 Å². The second-order valence-corrected chi connectivity index (χ2v) is 5.10. The Morgan fingerprint density at radius 3 is 2.56 bits per heavy atom. The van der Waals surface area contributed by atoms with Gasteiger partial charge in [-0.3, -0.25) is 4.79 Å². The van der Waals surface area contributed by atoms with Crippen molar-refractivity contribution in [2.24, 2.45) is 0 Å². The fourth-order valence-corrected chi connectivity index (χ4v) is 2.54. The maximum Gasteiger partial charge on any atom is 0.304 e. The molecule has 1 aliphatic carbocycles. The molecule has 2 rings (SSSR count). The molecule has 0 bridgehead atoms. The van der Waals surface area contributed by atoms with Gasteiger partial charge in [0.1, 0.15) is 0 Å². The highest BCUT2D eigenvalue weighted by Gasteiger charge is 2.46. The lowest BCUT2D eigenvalue weighted by atomic mass is 9.88. The highest BCUT2D eigenvalue weighted by Crippen LogP contribution is 2.52. The molecule has 1 aliphatic rings. The number of aliphatic carboxylic acids is 1. The molecule has 0 aliphatic heterocycles. The van der Waals surface area contributed by atoms with Gasteiger partial charge in [-0.05, 0) is 43.4 Å². The van der Waals surface area contributed by atoms with Crippen LogP contribution in [-0.4, -0.2) is 11.1 Å². The van der Waals surface area contributed by atoms with Gasteiger partial charge in [0, 0.05) is 10.4 Å². The zero-order valence-electron chi connectivity index (χ0n) is 9.51. The molecule has 16 heavy (non-hydrogen) atoms. The van der Waals surface area contributed by atoms with Crippen LogP contribution in [0.3, 0.4) is 0 Å². The summed E-state index contributed by atoms with van der Waals surface area (Å²) in [5.74, 6) is -0.728. The molecule has 2 nitrogen and oxygen atoms in total. The third-order valence-electron chi connectivity index (χ3n) is 3.49. The Balaban J connectivity index is 2.42. The zero-order chi connectivity index (χ0) is 11.9. The Kier molecular flexibility index (Phi) is 2.70. The van der Waals surface area contributed by atoms with Gasteiger partial charge in [0.2, 0.25) is 0 Å². The lowest BCUT2D eigenvalue weighted by molar-refractivity contribution is -0.137. The van der Waals surface area contributed by atoms with Crippen molar-refractivity contribution in [2.75, 3.05) is 0 Å². The molecule has 0 saturated heterocycles. The van der Waals surface area contributed by atoms with Crippen LogP contribution in [0, 0.1) is 13.8 Å². The topological polar surface area (TPSA) is 37.3 Å². The third kappa shape index (κ3) is 1.82. The van der Waals surface area contributed by atoms with E-state index in [0.29, 0.717) is 0 Å². The molecule has 3 heteroatoms. The minimum Gasteiger partial charge on any atom is -0.481 e. The minimum atomic E-state index is -0.728. The lowest BCUT2D eigenvalue weighted by Gasteiger charge is -2.18. The maximum absolute atomic E-state index is 10.9. The molecule has 0 heterocycles. The van der Waals surface area contributed by atoms with Crippen LogP contribution in [0.2, 0.25) is 5.02 Å². The van der Waals surface area contributed by atoms with Gasteiger partial charge in [-0.25, -0.2) is 0 Å². The second-order valence-electron chi connectivity index (χ2n) is 4.72. The van der Waals surface area contributed by atoms with Crippen LogP contribution in [0.15, 0.2) is 12.1 Å². The van der Waals surface area contributed by atoms with E-state index < -0.39 is 5.97 Å². The van der Waals surface area contributed by atoms with Crippen LogP contribution in [0.25, 0.3) is 0 Å². The fourth-order valence-electron chi connectivity index (χ4n) is 2.38. The summed E-state index contributed by atoms with van der Waals surface area (Å²) in [6.45, 7) is 3.95. The molecule has 1 saturated carbocycles. The van der Waals surface area contributed by atoms with Gasteiger partial charge >= 0.3 is 5.97 Å². The SMILES string of the molecule is Cc1ccc(C2(CC(=O)O)CC2)c(C)c1Cl. The summed E-state index contributed by atoms with van der Waals surface area (Å²) < 4.78 is 0. The minimum absolute atomic E-state index is 0.146. The maximum atomic E-state index is 10.9. The van der Waals surface area contributed by atoms with Crippen LogP contribution in [0.5, 0.6) is 0 Å². The average Bonchev–Trinajstić information content (AvgIpc) is 2.94. The normalized spacial score (nSPS) is 17.2. The highest BCUT2D eigenvalue weighted by molar-refractivity contribution is 6.32. The van der Waals surface area contributed by atoms with E-state index in [1.807, 2.05) is 26.0 Å². The number of carboxylic acids is 1. The quantitative estimate of drug-likeness (QED) is 0.876. The summed E-state index contributed by atoms with van der Waals surface area (Å²) in [7, 11) is 0. The number of hydrogen-bond acceptors (Lipinski definition) is 1. The van der Waals surface area contributed by atoms with E-state index in [-0.39, 0.29) is 11.8 Å². The van der Waals surface area contributed by atoms with Crippen LogP contribution < -0.4 is 0 Å². The number of benzene rings is 1. The summed E-state index contributed by atoms with van der Waals surface area (Å²) >= 11 is 6.21. The van der Waals surface area contributed by atoms with Crippen LogP contribution in [0.4, 0.5) is 0 Å². The van der Waals surface area contributed by atoms with E-state index >= 15 is 0 Å². The summed E-state index contributed by atoms with van der Waals surface area (Å²) in [6, 6.07) is 4.01. The molecule has 1 aromatic carbocycles. The van der Waals surface area contributed by atoms with Crippen molar-refractivity contribution < 1.29 is 9.90 Å². The summed E-state index contributed by atoms with van der Waals surface area (Å²) in [5, 5.41) is 9.70. The van der Waals surface area contributed by atoms with E-state index in [9.17, 15) is 4.79 Å². The predicted molar refractivity (Wildman–Crippen MR) is 64.1 cm³/mol. The smallest absolute Gasteiger partial charge is 0.304 e. The Morgan fingerprint density at radius 1 is 1.44 bits per heavy atom. The number of rotatable bonds is 3. The zero-order valence-corrected chi connectivity index (χ0v) is 10.3. The molecular weight excluding hydrogens is 224 g/mol. The van der Waals surface area contributed by atoms with Gasteiger partial charge in [-0.1, -0.05) is 23.7 Å². The Morgan fingerprint density at radius 2 is 2.06 bits per heavy atom. The van der Waals surface area contributed by atoms with E-state index in [0.717, 1.165) is 34.6 Å². The second kappa shape index (κ2) is 3.77. The molecule has 0 spiro atoms. The van der Waals surface area contributed by atoms with Crippen LogP contribution >= 0.6 is 11.6 Å². The van der Waals surface area contributed by atoms with Crippen molar-refractivity contribution in [3.63, 3.8) is 0 Å². The van der Waals surface area contributed by atoms with Crippen LogP contribution in [0.1, 0.15) is 36.0 Å². The molecule has 0 unspecified atom stereocenters. The first-order valence-corrected chi connectivity index (χ1v) is 5.82. The van der Waals surface area contributed by atoms with E-state index in [2.05, 4.69) is 0 Å². The predicted octanol–water partition coefficient (Wildman–Crippen LogP) is 3.46. The molecule has 1 aromatic rings. The molecule has 1 fully saturated rings. The number of carboxylic acid groups (broad SMARTS) is 1. The standard InChI is InChI=1S/C13H15ClO2/c1-8-3-4-10(9(2)12(8)14)13(5-6-13)7-11(15)16/h3-4H,5-7H2,1-2H3,(H,15,16). The highest BCUT2D eigenvalue weighted by atomic mass is 35.5. The first kappa shape index (κ1) is 11.5. The molecule has 1 N–H and O–H groups in total. The summed E-state index contributed by atoms with van der Waals surface area (Å²) in [4.78, 5) is 10.9. The summed E-state index contributed by atoms with van der Waals surface area (Å²) in [5.41, 5.74) is 3.06. The molecular formula is C13H15ClO2. The average molecular weight is 239 g/mol. The van der Waals surface area contributed by atoms with Crippen molar-refractivity contribution in [3.05, 3.63) is 33.8 Å².